The van der Waals surface area contributed by atoms with Crippen LogP contribution in [0.15, 0.2) is 23.8 Å². The van der Waals surface area contributed by atoms with Crippen LogP contribution in [0.5, 0.6) is 0 Å². The Bertz CT molecular complexity index is 630. The molecule has 0 unspecified atom stereocenters. The Morgan fingerprint density at radius 2 is 1.86 bits per heavy atom. The largest absolute Gasteiger partial charge is 0.393 e. The van der Waals surface area contributed by atoms with Gasteiger partial charge in [0, 0.05) is 0 Å². The second-order valence-corrected chi connectivity index (χ2v) is 11.8. The van der Waals surface area contributed by atoms with Crippen molar-refractivity contribution in [3.63, 3.8) is 0 Å². The zero-order valence-electron chi connectivity index (χ0n) is 19.1. The standard InChI is InChI=1S/C27H44O/c1-18(2)7-6-8-19(3)23-11-12-24-22-10-9-20-17-21(28)13-15-26(20,4)25(22)14-16-27(23,24)5/h6,8-9,18-19,21-25,28H,7,10-17H2,1-5H3/b8-6-/t19-,21+,22+,23-,24+,25+,26+,27-/m1/s1. The van der Waals surface area contributed by atoms with Crippen molar-refractivity contribution < 1.29 is 5.11 Å². The van der Waals surface area contributed by atoms with Crippen LogP contribution in [0.2, 0.25) is 0 Å². The molecular weight excluding hydrogens is 340 g/mol. The summed E-state index contributed by atoms with van der Waals surface area (Å²) >= 11 is 0. The van der Waals surface area contributed by atoms with Gasteiger partial charge >= 0.3 is 0 Å². The molecular formula is C27H44O. The molecule has 28 heavy (non-hydrogen) atoms. The molecule has 1 N–H and O–H groups in total. The summed E-state index contributed by atoms with van der Waals surface area (Å²) in [7, 11) is 0. The minimum atomic E-state index is -0.0842. The maximum atomic E-state index is 10.2. The van der Waals surface area contributed by atoms with Gasteiger partial charge in [-0.1, -0.05) is 58.4 Å². The maximum absolute atomic E-state index is 10.2. The lowest BCUT2D eigenvalue weighted by Crippen LogP contribution is -2.50. The van der Waals surface area contributed by atoms with Crippen LogP contribution in [-0.4, -0.2) is 11.2 Å². The number of fused-ring (bicyclic) bond motifs is 5. The zero-order chi connectivity index (χ0) is 20.1. The summed E-state index contributed by atoms with van der Waals surface area (Å²) in [6.45, 7) is 12.3. The van der Waals surface area contributed by atoms with Crippen LogP contribution in [0.1, 0.15) is 92.4 Å². The molecule has 4 rings (SSSR count). The van der Waals surface area contributed by atoms with Crippen molar-refractivity contribution in [2.75, 3.05) is 0 Å². The molecule has 0 spiro atoms. The molecule has 0 radical (unpaired) electrons. The van der Waals surface area contributed by atoms with E-state index in [9.17, 15) is 5.11 Å². The fraction of sp³-hybridized carbons (Fsp3) is 0.852. The third-order valence-corrected chi connectivity index (χ3v) is 9.83. The van der Waals surface area contributed by atoms with E-state index in [1.807, 2.05) is 0 Å². The predicted octanol–water partition coefficient (Wildman–Crippen LogP) is 7.16. The summed E-state index contributed by atoms with van der Waals surface area (Å²) in [5.41, 5.74) is 2.53. The van der Waals surface area contributed by atoms with Crippen molar-refractivity contribution in [1.82, 2.24) is 0 Å². The predicted molar refractivity (Wildman–Crippen MR) is 119 cm³/mol. The van der Waals surface area contributed by atoms with Gasteiger partial charge in [0.05, 0.1) is 6.10 Å². The Morgan fingerprint density at radius 3 is 2.61 bits per heavy atom. The molecule has 0 heterocycles. The van der Waals surface area contributed by atoms with Gasteiger partial charge in [-0.05, 0) is 104 Å². The second-order valence-electron chi connectivity index (χ2n) is 11.8. The van der Waals surface area contributed by atoms with Crippen LogP contribution in [0.3, 0.4) is 0 Å². The first-order chi connectivity index (χ1) is 13.3. The normalized spacial score (nSPS) is 46.8. The van der Waals surface area contributed by atoms with Gasteiger partial charge in [-0.15, -0.1) is 0 Å². The highest BCUT2D eigenvalue weighted by Gasteiger charge is 2.58. The Kier molecular flexibility index (Phi) is 5.62. The summed E-state index contributed by atoms with van der Waals surface area (Å²) < 4.78 is 0. The van der Waals surface area contributed by atoms with E-state index in [0.717, 1.165) is 48.3 Å². The van der Waals surface area contributed by atoms with Gasteiger partial charge in [-0.2, -0.15) is 0 Å². The van der Waals surface area contributed by atoms with Crippen molar-refractivity contribution in [1.29, 1.82) is 0 Å². The molecule has 158 valence electrons. The Morgan fingerprint density at radius 1 is 1.07 bits per heavy atom. The average Bonchev–Trinajstić information content (AvgIpc) is 2.99. The van der Waals surface area contributed by atoms with Crippen LogP contribution < -0.4 is 0 Å². The minimum absolute atomic E-state index is 0.0842. The molecule has 4 aliphatic rings. The smallest absolute Gasteiger partial charge is 0.0577 e. The highest BCUT2D eigenvalue weighted by molar-refractivity contribution is 5.25. The van der Waals surface area contributed by atoms with E-state index in [4.69, 9.17) is 0 Å². The number of aliphatic hydroxyl groups is 1. The number of aliphatic hydroxyl groups excluding tert-OH is 1. The SMILES string of the molecule is CC(C)C/C=C\[C@@H](C)[C@H]1CC[C@H]2[C@@H]3CC=C4C[C@@H](O)CC[C@]4(C)[C@H]3CC[C@]12C. The molecule has 3 fully saturated rings. The van der Waals surface area contributed by atoms with Gasteiger partial charge in [0.25, 0.3) is 0 Å². The minimum Gasteiger partial charge on any atom is -0.393 e. The first kappa shape index (κ1) is 20.7. The summed E-state index contributed by atoms with van der Waals surface area (Å²) in [5, 5.41) is 10.2. The number of hydrogen-bond acceptors (Lipinski definition) is 1. The van der Waals surface area contributed by atoms with Gasteiger partial charge < -0.3 is 5.11 Å². The van der Waals surface area contributed by atoms with Crippen molar-refractivity contribution in [2.24, 2.45) is 46.3 Å². The molecule has 3 saturated carbocycles. The first-order valence-corrected chi connectivity index (χ1v) is 12.3. The summed E-state index contributed by atoms with van der Waals surface area (Å²) in [6.07, 6.45) is 18.9. The Balaban J connectivity index is 1.53. The summed E-state index contributed by atoms with van der Waals surface area (Å²) in [4.78, 5) is 0. The molecule has 0 aromatic carbocycles. The first-order valence-electron chi connectivity index (χ1n) is 12.3. The van der Waals surface area contributed by atoms with E-state index < -0.39 is 0 Å². The highest BCUT2D eigenvalue weighted by atomic mass is 16.3. The van der Waals surface area contributed by atoms with Gasteiger partial charge in [0.2, 0.25) is 0 Å². The zero-order valence-corrected chi connectivity index (χ0v) is 19.1. The quantitative estimate of drug-likeness (QED) is 0.510. The highest BCUT2D eigenvalue weighted by Crippen LogP contribution is 2.67. The lowest BCUT2D eigenvalue weighted by Gasteiger charge is -2.58. The van der Waals surface area contributed by atoms with Crippen molar-refractivity contribution >= 4 is 0 Å². The number of allylic oxidation sites excluding steroid dienone is 3. The van der Waals surface area contributed by atoms with Crippen molar-refractivity contribution in [3.05, 3.63) is 23.8 Å². The summed E-state index contributed by atoms with van der Waals surface area (Å²) in [5.74, 6) is 5.03. The number of hydrogen-bond donors (Lipinski definition) is 1. The van der Waals surface area contributed by atoms with E-state index in [1.54, 1.807) is 5.57 Å². The molecule has 0 aromatic heterocycles. The molecule has 4 aliphatic carbocycles. The third-order valence-electron chi connectivity index (χ3n) is 9.83. The molecule has 0 aliphatic heterocycles. The van der Waals surface area contributed by atoms with Crippen LogP contribution in [-0.2, 0) is 0 Å². The van der Waals surface area contributed by atoms with Crippen molar-refractivity contribution in [2.45, 2.75) is 98.5 Å². The molecule has 0 saturated heterocycles. The fourth-order valence-electron chi connectivity index (χ4n) is 8.25. The number of rotatable bonds is 4. The van der Waals surface area contributed by atoms with Crippen LogP contribution in [0.25, 0.3) is 0 Å². The van der Waals surface area contributed by atoms with Gasteiger partial charge in [0.1, 0.15) is 0 Å². The molecule has 0 amide bonds. The van der Waals surface area contributed by atoms with E-state index in [1.165, 1.54) is 44.9 Å². The van der Waals surface area contributed by atoms with Crippen LogP contribution in [0.4, 0.5) is 0 Å². The molecule has 8 atom stereocenters. The lowest BCUT2D eigenvalue weighted by atomic mass is 9.47. The molecule has 1 heteroatoms. The lowest BCUT2D eigenvalue weighted by molar-refractivity contribution is -0.0540. The third kappa shape index (κ3) is 3.34. The van der Waals surface area contributed by atoms with Crippen LogP contribution in [0, 0.1) is 46.3 Å². The monoisotopic (exact) mass is 384 g/mol. The average molecular weight is 385 g/mol. The maximum Gasteiger partial charge on any atom is 0.0577 e. The van der Waals surface area contributed by atoms with Gasteiger partial charge in [-0.3, -0.25) is 0 Å². The van der Waals surface area contributed by atoms with E-state index >= 15 is 0 Å². The van der Waals surface area contributed by atoms with E-state index in [-0.39, 0.29) is 6.10 Å². The Hall–Kier alpha value is -0.560. The summed E-state index contributed by atoms with van der Waals surface area (Å²) in [6, 6.07) is 0. The van der Waals surface area contributed by atoms with Crippen LogP contribution >= 0.6 is 0 Å². The van der Waals surface area contributed by atoms with Gasteiger partial charge in [0.15, 0.2) is 0 Å². The molecule has 1 nitrogen and oxygen atoms in total. The molecule has 0 aromatic rings. The van der Waals surface area contributed by atoms with Gasteiger partial charge in [-0.25, -0.2) is 0 Å². The van der Waals surface area contributed by atoms with E-state index in [0.29, 0.717) is 10.8 Å². The fourth-order valence-corrected chi connectivity index (χ4v) is 8.25. The topological polar surface area (TPSA) is 20.2 Å². The van der Waals surface area contributed by atoms with Crippen molar-refractivity contribution in [3.8, 4) is 0 Å². The second kappa shape index (κ2) is 7.60. The van der Waals surface area contributed by atoms with E-state index in [2.05, 4.69) is 52.8 Å². The molecule has 0 bridgehead atoms. The Labute approximate surface area is 174 Å².